The van der Waals surface area contributed by atoms with E-state index in [9.17, 15) is 22.8 Å². The molecule has 1 heterocycles. The largest absolute Gasteiger partial charge is 0.466 e. The Kier molecular flexibility index (Phi) is 9.33. The third-order valence-electron chi connectivity index (χ3n) is 4.99. The van der Waals surface area contributed by atoms with E-state index in [4.69, 9.17) is 9.47 Å². The van der Waals surface area contributed by atoms with Crippen molar-refractivity contribution in [3.63, 3.8) is 0 Å². The van der Waals surface area contributed by atoms with Crippen LogP contribution in [0.1, 0.15) is 52.5 Å². The molecule has 1 saturated carbocycles. The molecule has 35 heavy (non-hydrogen) atoms. The first-order valence-electron chi connectivity index (χ1n) is 11.1. The van der Waals surface area contributed by atoms with Crippen LogP contribution >= 0.6 is 15.9 Å². The number of pyridine rings is 1. The zero-order valence-electron chi connectivity index (χ0n) is 20.4. The first-order valence-corrected chi connectivity index (χ1v) is 11.9. The van der Waals surface area contributed by atoms with Crippen molar-refractivity contribution in [1.29, 1.82) is 0 Å². The number of hydrogen-bond donors (Lipinski definition) is 0. The molecule has 1 aliphatic rings. The van der Waals surface area contributed by atoms with Gasteiger partial charge in [0.05, 0.1) is 24.6 Å². The number of aromatic nitrogens is 1. The highest BCUT2D eigenvalue weighted by molar-refractivity contribution is 9.11. The molecule has 1 aromatic heterocycles. The van der Waals surface area contributed by atoms with Crippen LogP contribution in [0.25, 0.3) is 0 Å². The lowest BCUT2D eigenvalue weighted by Gasteiger charge is -2.27. The number of nitrogens with zero attached hydrogens (tertiary/aromatic N) is 2. The predicted molar refractivity (Wildman–Crippen MR) is 131 cm³/mol. The Bertz CT molecular complexity index is 1010. The van der Waals surface area contributed by atoms with Gasteiger partial charge >= 0.3 is 18.2 Å². The molecule has 0 aliphatic heterocycles. The number of halogens is 4. The van der Waals surface area contributed by atoms with E-state index < -0.39 is 23.4 Å². The second-order valence-electron chi connectivity index (χ2n) is 9.15. The number of allylic oxidation sites excluding steroid dienone is 3. The van der Waals surface area contributed by atoms with Gasteiger partial charge in [0.2, 0.25) is 0 Å². The Labute approximate surface area is 212 Å². The lowest BCUT2D eigenvalue weighted by molar-refractivity contribution is -0.144. The molecule has 2 rings (SSSR count). The zero-order chi connectivity index (χ0) is 26.6. The van der Waals surface area contributed by atoms with Crippen molar-refractivity contribution in [2.45, 2.75) is 58.7 Å². The highest BCUT2D eigenvalue weighted by Gasteiger charge is 2.45. The molecule has 1 amide bonds. The normalized spacial score (nSPS) is 18.7. The number of hydrogen-bond acceptors (Lipinski definition) is 5. The number of carbonyl (C=O) groups is 2. The van der Waals surface area contributed by atoms with Gasteiger partial charge in [-0.3, -0.25) is 9.69 Å². The molecule has 192 valence electrons. The second-order valence-corrected chi connectivity index (χ2v) is 10.3. The number of anilines is 1. The van der Waals surface area contributed by atoms with E-state index in [1.54, 1.807) is 46.0 Å². The van der Waals surface area contributed by atoms with Crippen molar-refractivity contribution < 1.29 is 32.2 Å². The number of alkyl halides is 3. The van der Waals surface area contributed by atoms with E-state index in [0.29, 0.717) is 13.0 Å². The van der Waals surface area contributed by atoms with Crippen LogP contribution in [0.2, 0.25) is 0 Å². The number of carbonyl (C=O) groups excluding carboxylic acids is 2. The van der Waals surface area contributed by atoms with Gasteiger partial charge in [-0.2, -0.15) is 13.2 Å². The van der Waals surface area contributed by atoms with Crippen molar-refractivity contribution in [3.8, 4) is 0 Å². The summed E-state index contributed by atoms with van der Waals surface area (Å²) in [6.07, 6.45) is -0.914. The van der Waals surface area contributed by atoms with Gasteiger partial charge in [0.15, 0.2) is 0 Å². The average molecular weight is 559 g/mol. The van der Waals surface area contributed by atoms with Gasteiger partial charge in [-0.05, 0) is 70.2 Å². The van der Waals surface area contributed by atoms with Crippen LogP contribution in [-0.4, -0.2) is 42.0 Å². The van der Waals surface area contributed by atoms with Crippen LogP contribution in [-0.2, 0) is 14.3 Å². The smallest absolute Gasteiger partial charge is 0.417 e. The molecule has 0 aromatic carbocycles. The van der Waals surface area contributed by atoms with E-state index in [0.717, 1.165) is 11.6 Å². The Hall–Kier alpha value is -2.62. The number of amides is 1. The minimum absolute atomic E-state index is 0.00328. The maximum Gasteiger partial charge on any atom is 0.417 e. The zero-order valence-corrected chi connectivity index (χ0v) is 22.0. The molecule has 10 heteroatoms. The van der Waals surface area contributed by atoms with Crippen LogP contribution in [0.4, 0.5) is 23.8 Å². The predicted octanol–water partition coefficient (Wildman–Crippen LogP) is 6.83. The minimum atomic E-state index is -4.54. The summed E-state index contributed by atoms with van der Waals surface area (Å²) >= 11 is 2.87. The SMILES string of the molecule is C=C(/C=C\C(=C(/C)Br)C(F)(F)F)CN(C(=O)OC(C)(C)C)c1ccc([C@@H]2C[C@H]2C(=O)OCC)cn1. The topological polar surface area (TPSA) is 68.7 Å². The standard InChI is InChI=1S/C25H30BrF3N2O4/c1-7-34-22(32)19-12-18(19)17-9-11-21(30-13-17)31(23(33)35-24(4,5)6)14-15(2)8-10-20(16(3)26)25(27,28)29/h8-11,13,18-19H,2,7,12,14H2,1,3-6H3/b10-8-,20-16-/t18-,19+/m0/s1. The number of ether oxygens (including phenoxy) is 2. The van der Waals surface area contributed by atoms with Crippen LogP contribution in [0.5, 0.6) is 0 Å². The molecular weight excluding hydrogens is 529 g/mol. The second kappa shape index (κ2) is 11.4. The molecule has 1 aliphatic carbocycles. The molecule has 0 N–H and O–H groups in total. The van der Waals surface area contributed by atoms with Crippen LogP contribution in [0, 0.1) is 5.92 Å². The van der Waals surface area contributed by atoms with E-state index in [-0.39, 0.29) is 40.2 Å². The molecule has 0 spiro atoms. The summed E-state index contributed by atoms with van der Waals surface area (Å²) in [6.45, 7) is 12.1. The Morgan fingerprint density at radius 2 is 1.91 bits per heavy atom. The third kappa shape index (κ3) is 8.52. The highest BCUT2D eigenvalue weighted by Crippen LogP contribution is 2.48. The molecule has 1 fully saturated rings. The molecule has 0 unspecified atom stereocenters. The lowest BCUT2D eigenvalue weighted by Crippen LogP contribution is -2.38. The third-order valence-corrected chi connectivity index (χ3v) is 5.42. The van der Waals surface area contributed by atoms with Gasteiger partial charge < -0.3 is 9.47 Å². The van der Waals surface area contributed by atoms with E-state index in [1.165, 1.54) is 17.9 Å². The Morgan fingerprint density at radius 1 is 1.26 bits per heavy atom. The van der Waals surface area contributed by atoms with E-state index in [1.807, 2.05) is 0 Å². The van der Waals surface area contributed by atoms with Crippen molar-refractivity contribution in [1.82, 2.24) is 4.98 Å². The van der Waals surface area contributed by atoms with Crippen LogP contribution in [0.15, 0.2) is 52.7 Å². The molecule has 0 radical (unpaired) electrons. The lowest BCUT2D eigenvalue weighted by atomic mass is 10.1. The summed E-state index contributed by atoms with van der Waals surface area (Å²) in [4.78, 5) is 30.4. The van der Waals surface area contributed by atoms with E-state index in [2.05, 4.69) is 27.5 Å². The van der Waals surface area contributed by atoms with Gasteiger partial charge in [-0.15, -0.1) is 0 Å². The fourth-order valence-electron chi connectivity index (χ4n) is 3.27. The molecule has 1 aromatic rings. The molecule has 0 bridgehead atoms. The van der Waals surface area contributed by atoms with E-state index >= 15 is 0 Å². The van der Waals surface area contributed by atoms with Gasteiger partial charge in [0, 0.05) is 10.7 Å². The molecule has 2 atom stereocenters. The Balaban J connectivity index is 2.23. The quantitative estimate of drug-likeness (QED) is 0.258. The van der Waals surface area contributed by atoms with Gasteiger partial charge in [0.1, 0.15) is 11.4 Å². The summed E-state index contributed by atoms with van der Waals surface area (Å²) in [5.41, 5.74) is -0.582. The van der Waals surface area contributed by atoms with Crippen molar-refractivity contribution in [2.24, 2.45) is 5.92 Å². The molecular formula is C25H30BrF3N2O4. The summed E-state index contributed by atoms with van der Waals surface area (Å²) in [7, 11) is 0. The fourth-order valence-corrected chi connectivity index (χ4v) is 3.62. The minimum Gasteiger partial charge on any atom is -0.466 e. The summed E-state index contributed by atoms with van der Waals surface area (Å²) < 4.78 is 50.0. The fraction of sp³-hybridized carbons (Fsp3) is 0.480. The highest BCUT2D eigenvalue weighted by atomic mass is 79.9. The number of esters is 1. The van der Waals surface area contributed by atoms with Gasteiger partial charge in [-0.1, -0.05) is 34.7 Å². The van der Waals surface area contributed by atoms with Crippen LogP contribution < -0.4 is 4.90 Å². The van der Waals surface area contributed by atoms with Crippen LogP contribution in [0.3, 0.4) is 0 Å². The first-order chi connectivity index (χ1) is 16.1. The molecule has 6 nitrogen and oxygen atoms in total. The van der Waals surface area contributed by atoms with Crippen molar-refractivity contribution in [3.05, 3.63) is 58.3 Å². The summed E-state index contributed by atoms with van der Waals surface area (Å²) in [5, 5.41) is 0. The van der Waals surface area contributed by atoms with Crippen molar-refractivity contribution >= 4 is 33.8 Å². The number of rotatable bonds is 8. The maximum absolute atomic E-state index is 13.2. The summed E-state index contributed by atoms with van der Waals surface area (Å²) in [6, 6.07) is 3.38. The van der Waals surface area contributed by atoms with Gasteiger partial charge in [-0.25, -0.2) is 9.78 Å². The monoisotopic (exact) mass is 558 g/mol. The molecule has 0 saturated heterocycles. The summed E-state index contributed by atoms with van der Waals surface area (Å²) in [5.74, 6) is -0.202. The van der Waals surface area contributed by atoms with Gasteiger partial charge in [0.25, 0.3) is 0 Å². The maximum atomic E-state index is 13.2. The average Bonchev–Trinajstić information content (AvgIpc) is 3.51. The Morgan fingerprint density at radius 3 is 2.40 bits per heavy atom. The first kappa shape index (κ1) is 28.6. The van der Waals surface area contributed by atoms with Crippen molar-refractivity contribution in [2.75, 3.05) is 18.1 Å².